The molecule has 0 unspecified atom stereocenters. The van der Waals surface area contributed by atoms with Crippen LogP contribution in [0.1, 0.15) is 12.5 Å². The SMILES string of the molecule is C/C=C(\I)c1ccccc1Cl. The van der Waals surface area contributed by atoms with E-state index in [1.165, 1.54) is 3.58 Å². The van der Waals surface area contributed by atoms with Crippen LogP contribution < -0.4 is 0 Å². The van der Waals surface area contributed by atoms with Crippen molar-refractivity contribution in [3.05, 3.63) is 40.9 Å². The maximum absolute atomic E-state index is 5.95. The van der Waals surface area contributed by atoms with E-state index in [2.05, 4.69) is 22.6 Å². The van der Waals surface area contributed by atoms with Crippen molar-refractivity contribution in [2.24, 2.45) is 0 Å². The summed E-state index contributed by atoms with van der Waals surface area (Å²) in [5, 5.41) is 0.815. The molecule has 11 heavy (non-hydrogen) atoms. The molecule has 0 spiro atoms. The summed E-state index contributed by atoms with van der Waals surface area (Å²) in [6.07, 6.45) is 2.04. The fourth-order valence-corrected chi connectivity index (χ4v) is 1.68. The first kappa shape index (κ1) is 9.07. The fraction of sp³-hybridized carbons (Fsp3) is 0.111. The van der Waals surface area contributed by atoms with Gasteiger partial charge in [-0.25, -0.2) is 0 Å². The Labute approximate surface area is 85.4 Å². The molecule has 0 bridgehead atoms. The molecule has 0 saturated heterocycles. The highest BCUT2D eigenvalue weighted by molar-refractivity contribution is 14.1. The number of hydrogen-bond donors (Lipinski definition) is 0. The molecule has 0 saturated carbocycles. The summed E-state index contributed by atoms with van der Waals surface area (Å²) >= 11 is 8.23. The number of allylic oxidation sites excluding steroid dienone is 1. The standard InChI is InChI=1S/C9H8ClI/c1-2-9(11)7-5-3-4-6-8(7)10/h2-6H,1H3/b9-2-. The van der Waals surface area contributed by atoms with Gasteiger partial charge in [-0.05, 0) is 35.6 Å². The molecule has 0 aliphatic heterocycles. The van der Waals surface area contributed by atoms with E-state index >= 15 is 0 Å². The Morgan fingerprint density at radius 3 is 2.64 bits per heavy atom. The normalized spacial score (nSPS) is 11.7. The van der Waals surface area contributed by atoms with E-state index in [0.717, 1.165) is 10.6 Å². The van der Waals surface area contributed by atoms with E-state index in [1.54, 1.807) is 0 Å². The lowest BCUT2D eigenvalue weighted by atomic mass is 10.2. The van der Waals surface area contributed by atoms with E-state index in [4.69, 9.17) is 11.6 Å². The average molecular weight is 279 g/mol. The van der Waals surface area contributed by atoms with Gasteiger partial charge in [0.2, 0.25) is 0 Å². The van der Waals surface area contributed by atoms with Crippen molar-refractivity contribution in [1.82, 2.24) is 0 Å². The van der Waals surface area contributed by atoms with Crippen molar-refractivity contribution in [3.63, 3.8) is 0 Å². The van der Waals surface area contributed by atoms with Crippen molar-refractivity contribution < 1.29 is 0 Å². The molecule has 0 amide bonds. The van der Waals surface area contributed by atoms with Crippen LogP contribution in [0.5, 0.6) is 0 Å². The van der Waals surface area contributed by atoms with Crippen molar-refractivity contribution in [2.75, 3.05) is 0 Å². The minimum Gasteiger partial charge on any atom is -0.0836 e. The number of benzene rings is 1. The summed E-state index contributed by atoms with van der Waals surface area (Å²) in [5.41, 5.74) is 1.11. The van der Waals surface area contributed by atoms with Gasteiger partial charge >= 0.3 is 0 Å². The first-order chi connectivity index (χ1) is 5.25. The summed E-state index contributed by atoms with van der Waals surface area (Å²) in [6.45, 7) is 2.01. The predicted octanol–water partition coefficient (Wildman–Crippen LogP) is 4.14. The van der Waals surface area contributed by atoms with Crippen molar-refractivity contribution in [2.45, 2.75) is 6.92 Å². The van der Waals surface area contributed by atoms with E-state index in [1.807, 2.05) is 37.3 Å². The van der Waals surface area contributed by atoms with E-state index < -0.39 is 0 Å². The molecule has 2 heteroatoms. The van der Waals surface area contributed by atoms with Crippen LogP contribution in [0.15, 0.2) is 30.3 Å². The lowest BCUT2D eigenvalue weighted by Gasteiger charge is -2.00. The molecule has 1 aromatic rings. The maximum Gasteiger partial charge on any atom is 0.0488 e. The summed E-state index contributed by atoms with van der Waals surface area (Å²) in [7, 11) is 0. The summed E-state index contributed by atoms with van der Waals surface area (Å²) < 4.78 is 1.19. The van der Waals surface area contributed by atoms with Gasteiger partial charge in [-0.2, -0.15) is 0 Å². The van der Waals surface area contributed by atoms with Gasteiger partial charge in [-0.15, -0.1) is 0 Å². The molecule has 0 N–H and O–H groups in total. The minimum absolute atomic E-state index is 0.815. The molecule has 1 aromatic carbocycles. The molecule has 0 heterocycles. The Balaban J connectivity index is 3.14. The van der Waals surface area contributed by atoms with Crippen molar-refractivity contribution >= 4 is 37.8 Å². The van der Waals surface area contributed by atoms with Crippen LogP contribution in [0.25, 0.3) is 3.58 Å². The second-order valence-electron chi connectivity index (χ2n) is 2.12. The number of halogens is 2. The second kappa shape index (κ2) is 4.12. The molecular formula is C9H8ClI. The first-order valence-electron chi connectivity index (χ1n) is 3.32. The quantitative estimate of drug-likeness (QED) is 0.677. The van der Waals surface area contributed by atoms with Gasteiger partial charge in [-0.3, -0.25) is 0 Å². The van der Waals surface area contributed by atoms with Crippen molar-refractivity contribution in [1.29, 1.82) is 0 Å². The molecule has 0 aliphatic rings. The van der Waals surface area contributed by atoms with Gasteiger partial charge in [-0.1, -0.05) is 35.9 Å². The Morgan fingerprint density at radius 2 is 2.09 bits per heavy atom. The highest BCUT2D eigenvalue weighted by Gasteiger charge is 1.99. The minimum atomic E-state index is 0.815. The van der Waals surface area contributed by atoms with Gasteiger partial charge in [0.25, 0.3) is 0 Å². The smallest absolute Gasteiger partial charge is 0.0488 e. The molecule has 0 fully saturated rings. The van der Waals surface area contributed by atoms with E-state index in [9.17, 15) is 0 Å². The maximum atomic E-state index is 5.95. The van der Waals surface area contributed by atoms with E-state index in [0.29, 0.717) is 0 Å². The van der Waals surface area contributed by atoms with Crippen LogP contribution in [0.3, 0.4) is 0 Å². The monoisotopic (exact) mass is 278 g/mol. The average Bonchev–Trinajstić information content (AvgIpc) is 2.04. The van der Waals surface area contributed by atoms with Gasteiger partial charge < -0.3 is 0 Å². The summed E-state index contributed by atoms with van der Waals surface area (Å²) in [6, 6.07) is 7.85. The zero-order valence-corrected chi connectivity index (χ0v) is 9.06. The van der Waals surface area contributed by atoms with Crippen LogP contribution >= 0.6 is 34.2 Å². The van der Waals surface area contributed by atoms with Gasteiger partial charge in [0.1, 0.15) is 0 Å². The molecule has 1 rings (SSSR count). The Kier molecular flexibility index (Phi) is 3.40. The largest absolute Gasteiger partial charge is 0.0836 e. The van der Waals surface area contributed by atoms with E-state index in [-0.39, 0.29) is 0 Å². The first-order valence-corrected chi connectivity index (χ1v) is 4.78. The van der Waals surface area contributed by atoms with Crippen LogP contribution in [0, 0.1) is 0 Å². The lowest BCUT2D eigenvalue weighted by Crippen LogP contribution is -1.76. The van der Waals surface area contributed by atoms with Crippen LogP contribution in [0.4, 0.5) is 0 Å². The summed E-state index contributed by atoms with van der Waals surface area (Å²) in [5.74, 6) is 0. The number of hydrogen-bond acceptors (Lipinski definition) is 0. The van der Waals surface area contributed by atoms with Crippen LogP contribution in [-0.4, -0.2) is 0 Å². The highest BCUT2D eigenvalue weighted by Crippen LogP contribution is 2.27. The zero-order chi connectivity index (χ0) is 8.27. The Hall–Kier alpha value is -0.0200. The molecular weight excluding hydrogens is 270 g/mol. The van der Waals surface area contributed by atoms with Crippen LogP contribution in [0.2, 0.25) is 5.02 Å². The Morgan fingerprint density at radius 1 is 1.45 bits per heavy atom. The van der Waals surface area contributed by atoms with Gasteiger partial charge in [0, 0.05) is 14.2 Å². The van der Waals surface area contributed by atoms with Gasteiger partial charge in [0.15, 0.2) is 0 Å². The number of rotatable bonds is 1. The molecule has 0 radical (unpaired) electrons. The molecule has 0 nitrogen and oxygen atoms in total. The zero-order valence-electron chi connectivity index (χ0n) is 6.14. The molecule has 0 atom stereocenters. The van der Waals surface area contributed by atoms with Crippen LogP contribution in [-0.2, 0) is 0 Å². The third kappa shape index (κ3) is 2.20. The molecule has 58 valence electrons. The Bertz CT molecular complexity index is 279. The predicted molar refractivity (Wildman–Crippen MR) is 59.1 cm³/mol. The molecule has 0 aromatic heterocycles. The third-order valence-corrected chi connectivity index (χ3v) is 2.92. The highest BCUT2D eigenvalue weighted by atomic mass is 127. The second-order valence-corrected chi connectivity index (χ2v) is 3.69. The third-order valence-electron chi connectivity index (χ3n) is 1.38. The summed E-state index contributed by atoms with van der Waals surface area (Å²) in [4.78, 5) is 0. The van der Waals surface area contributed by atoms with Gasteiger partial charge in [0.05, 0.1) is 0 Å². The topological polar surface area (TPSA) is 0 Å². The lowest BCUT2D eigenvalue weighted by molar-refractivity contribution is 1.64. The fourth-order valence-electron chi connectivity index (χ4n) is 0.810. The molecule has 0 aliphatic carbocycles. The van der Waals surface area contributed by atoms with Crippen molar-refractivity contribution in [3.8, 4) is 0 Å².